The van der Waals surface area contributed by atoms with Crippen LogP contribution in [0.3, 0.4) is 0 Å². The van der Waals surface area contributed by atoms with E-state index < -0.39 is 11.7 Å². The molecule has 1 N–H and O–H groups in total. The molecule has 2 amide bonds. The van der Waals surface area contributed by atoms with Crippen LogP contribution in [0.25, 0.3) is 11.0 Å². The van der Waals surface area contributed by atoms with Crippen molar-refractivity contribution in [2.45, 2.75) is 19.6 Å². The van der Waals surface area contributed by atoms with Gasteiger partial charge in [0.05, 0.1) is 12.2 Å². The number of aromatic nitrogens is 2. The number of ketones is 1. The molecule has 0 radical (unpaired) electrons. The van der Waals surface area contributed by atoms with E-state index in [2.05, 4.69) is 9.97 Å². The molecule has 0 spiro atoms. The minimum atomic E-state index is -0.581. The zero-order valence-corrected chi connectivity index (χ0v) is 17.7. The number of nitrogens with zero attached hydrogens (tertiary/aromatic N) is 3. The Hall–Kier alpha value is -3.52. The van der Waals surface area contributed by atoms with E-state index >= 15 is 0 Å². The molecule has 0 bridgehead atoms. The molecule has 1 saturated heterocycles. The van der Waals surface area contributed by atoms with Gasteiger partial charge in [-0.25, -0.2) is 4.98 Å². The lowest BCUT2D eigenvalue weighted by Crippen LogP contribution is -2.55. The van der Waals surface area contributed by atoms with Crippen molar-refractivity contribution in [2.75, 3.05) is 26.7 Å². The smallest absolute Gasteiger partial charge is 0.295 e. The van der Waals surface area contributed by atoms with Gasteiger partial charge >= 0.3 is 0 Å². The van der Waals surface area contributed by atoms with Gasteiger partial charge in [0.25, 0.3) is 11.7 Å². The minimum absolute atomic E-state index is 0.211. The molecule has 1 atom stereocenters. The molecule has 8 heteroatoms. The van der Waals surface area contributed by atoms with Crippen molar-refractivity contribution < 1.29 is 19.1 Å². The highest BCUT2D eigenvalue weighted by Crippen LogP contribution is 2.23. The number of aromatic amines is 1. The Bertz CT molecular complexity index is 1010. The fourth-order valence-electron chi connectivity index (χ4n) is 3.59. The second-order valence-electron chi connectivity index (χ2n) is 7.26. The third-order valence-corrected chi connectivity index (χ3v) is 5.13. The van der Waals surface area contributed by atoms with Gasteiger partial charge in [0.2, 0.25) is 6.41 Å². The first-order chi connectivity index (χ1) is 15.1. The number of pyridine rings is 1. The summed E-state index contributed by atoms with van der Waals surface area (Å²) >= 11 is 0. The third kappa shape index (κ3) is 5.16. The highest BCUT2D eigenvalue weighted by Gasteiger charge is 2.32. The van der Waals surface area contributed by atoms with Crippen LogP contribution in [0, 0.1) is 0 Å². The Morgan fingerprint density at radius 3 is 2.45 bits per heavy atom. The maximum Gasteiger partial charge on any atom is 0.295 e. The number of benzene rings is 1. The first kappa shape index (κ1) is 22.2. The van der Waals surface area contributed by atoms with Crippen LogP contribution in [0.15, 0.2) is 54.9 Å². The van der Waals surface area contributed by atoms with Crippen LogP contribution >= 0.6 is 0 Å². The van der Waals surface area contributed by atoms with Crippen molar-refractivity contribution in [2.24, 2.45) is 0 Å². The minimum Gasteiger partial charge on any atom is -0.380 e. The lowest BCUT2D eigenvalue weighted by molar-refractivity contribution is -0.134. The zero-order valence-electron chi connectivity index (χ0n) is 17.7. The molecule has 3 aromatic rings. The van der Waals surface area contributed by atoms with Crippen LogP contribution in [-0.2, 0) is 20.9 Å². The van der Waals surface area contributed by atoms with Gasteiger partial charge < -0.3 is 19.5 Å². The molecule has 162 valence electrons. The lowest BCUT2D eigenvalue weighted by Gasteiger charge is -2.37. The van der Waals surface area contributed by atoms with Crippen molar-refractivity contribution in [3.05, 3.63) is 66.0 Å². The van der Waals surface area contributed by atoms with Gasteiger partial charge in [-0.3, -0.25) is 14.4 Å². The quantitative estimate of drug-likeness (QED) is 0.387. The topological polar surface area (TPSA) is 95.6 Å². The van der Waals surface area contributed by atoms with Gasteiger partial charge in [-0.1, -0.05) is 36.4 Å². The van der Waals surface area contributed by atoms with E-state index in [0.29, 0.717) is 42.8 Å². The number of carbonyl (C=O) groups is 3. The van der Waals surface area contributed by atoms with Gasteiger partial charge in [0, 0.05) is 50.6 Å². The Morgan fingerprint density at radius 1 is 1.19 bits per heavy atom. The molecule has 3 heterocycles. The summed E-state index contributed by atoms with van der Waals surface area (Å²) < 4.78 is 5.17. The molecule has 0 saturated carbocycles. The van der Waals surface area contributed by atoms with E-state index in [-0.39, 0.29) is 6.04 Å². The van der Waals surface area contributed by atoms with Crippen LogP contribution < -0.4 is 0 Å². The summed E-state index contributed by atoms with van der Waals surface area (Å²) in [7, 11) is 1.57. The summed E-state index contributed by atoms with van der Waals surface area (Å²) in [6, 6.07) is 13.6. The predicted molar refractivity (Wildman–Crippen MR) is 116 cm³/mol. The van der Waals surface area contributed by atoms with E-state index in [1.54, 1.807) is 24.3 Å². The number of rotatable bonds is 5. The highest BCUT2D eigenvalue weighted by molar-refractivity contribution is 6.45. The standard InChI is InChI=1S/C17H20N4O4.C6H6/c1-11-8-20(10-22)5-6-21(11)17(24)15(23)13-7-19-16-14(13)12(9-25-2)3-4-18-16;1-2-4-6-5-3-1/h3-4,7,10-11H,5-6,8-9H2,1-2H3,(H,18,19);1-6H/t11-;/m1./s1. The first-order valence-electron chi connectivity index (χ1n) is 10.0. The van der Waals surface area contributed by atoms with Crippen molar-refractivity contribution in [3.63, 3.8) is 0 Å². The second-order valence-corrected chi connectivity index (χ2v) is 7.26. The Morgan fingerprint density at radius 2 is 1.87 bits per heavy atom. The molecule has 1 aliphatic rings. The third-order valence-electron chi connectivity index (χ3n) is 5.13. The van der Waals surface area contributed by atoms with E-state index in [1.165, 1.54) is 11.1 Å². The SMILES string of the molecule is COCc1ccnc2[nH]cc(C(=O)C(=O)N3CCN(C=O)C[C@H]3C)c12.c1ccccc1. The first-order valence-corrected chi connectivity index (χ1v) is 10.0. The van der Waals surface area contributed by atoms with Gasteiger partial charge in [-0.15, -0.1) is 0 Å². The molecule has 0 aliphatic carbocycles. The summed E-state index contributed by atoms with van der Waals surface area (Å²) in [5.41, 5.74) is 1.64. The van der Waals surface area contributed by atoms with Gasteiger partial charge in [-0.05, 0) is 18.6 Å². The average Bonchev–Trinajstić information content (AvgIpc) is 3.25. The van der Waals surface area contributed by atoms with Crippen molar-refractivity contribution in [1.29, 1.82) is 0 Å². The van der Waals surface area contributed by atoms with Crippen LogP contribution in [0.5, 0.6) is 0 Å². The average molecular weight is 422 g/mol. The number of hydrogen-bond donors (Lipinski definition) is 1. The lowest BCUT2D eigenvalue weighted by atomic mass is 10.0. The number of fused-ring (bicyclic) bond motifs is 1. The van der Waals surface area contributed by atoms with Crippen LogP contribution in [-0.4, -0.2) is 70.7 Å². The number of ether oxygens (including phenoxy) is 1. The fraction of sp³-hybridized carbons (Fsp3) is 0.304. The van der Waals surface area contributed by atoms with E-state index in [0.717, 1.165) is 12.0 Å². The zero-order chi connectivity index (χ0) is 22.2. The Labute approximate surface area is 180 Å². The predicted octanol–water partition coefficient (Wildman–Crippen LogP) is 2.27. The van der Waals surface area contributed by atoms with Crippen LogP contribution in [0.2, 0.25) is 0 Å². The molecule has 0 unspecified atom stereocenters. The molecule has 8 nitrogen and oxygen atoms in total. The number of hydrogen-bond acceptors (Lipinski definition) is 5. The molecule has 1 aliphatic heterocycles. The summed E-state index contributed by atoms with van der Waals surface area (Å²) in [6.45, 7) is 3.34. The summed E-state index contributed by atoms with van der Waals surface area (Å²) in [5.74, 6) is -1.14. The van der Waals surface area contributed by atoms with Gasteiger partial charge in [0.15, 0.2) is 0 Å². The fourth-order valence-corrected chi connectivity index (χ4v) is 3.59. The normalized spacial score (nSPS) is 15.9. The Kier molecular flexibility index (Phi) is 7.50. The summed E-state index contributed by atoms with van der Waals surface area (Å²) in [5, 5.41) is 0.613. The monoisotopic (exact) mass is 422 g/mol. The number of H-pyrrole nitrogens is 1. The second kappa shape index (κ2) is 10.5. The molecule has 2 aromatic heterocycles. The molecule has 1 fully saturated rings. The molecular formula is C23H26N4O4. The number of piperazine rings is 1. The summed E-state index contributed by atoms with van der Waals surface area (Å²) in [6.07, 6.45) is 3.91. The number of carbonyl (C=O) groups excluding carboxylic acids is 3. The van der Waals surface area contributed by atoms with Crippen molar-refractivity contribution in [3.8, 4) is 0 Å². The van der Waals surface area contributed by atoms with E-state index in [9.17, 15) is 14.4 Å². The van der Waals surface area contributed by atoms with E-state index in [4.69, 9.17) is 4.74 Å². The molecular weight excluding hydrogens is 396 g/mol. The maximum absolute atomic E-state index is 12.8. The van der Waals surface area contributed by atoms with Crippen molar-refractivity contribution >= 4 is 29.1 Å². The number of methoxy groups -OCH3 is 1. The number of nitrogens with one attached hydrogen (secondary N) is 1. The Balaban J connectivity index is 0.000000391. The number of Topliss-reactive ketones (excluding diaryl/α,β-unsaturated/α-hetero) is 1. The largest absolute Gasteiger partial charge is 0.380 e. The van der Waals surface area contributed by atoms with Crippen LogP contribution in [0.1, 0.15) is 22.8 Å². The molecule has 31 heavy (non-hydrogen) atoms. The van der Waals surface area contributed by atoms with E-state index in [1.807, 2.05) is 43.3 Å². The molecule has 4 rings (SSSR count). The van der Waals surface area contributed by atoms with Gasteiger partial charge in [0.1, 0.15) is 5.65 Å². The van der Waals surface area contributed by atoms with Crippen molar-refractivity contribution in [1.82, 2.24) is 19.8 Å². The molecule has 1 aromatic carbocycles. The van der Waals surface area contributed by atoms with Gasteiger partial charge in [-0.2, -0.15) is 0 Å². The summed E-state index contributed by atoms with van der Waals surface area (Å²) in [4.78, 5) is 46.7. The number of amides is 2. The maximum atomic E-state index is 12.8. The highest BCUT2D eigenvalue weighted by atomic mass is 16.5. The van der Waals surface area contributed by atoms with Crippen LogP contribution in [0.4, 0.5) is 0 Å².